The van der Waals surface area contributed by atoms with Crippen molar-refractivity contribution in [1.29, 1.82) is 0 Å². The molecule has 6 nitrogen and oxygen atoms in total. The highest BCUT2D eigenvalue weighted by Gasteiger charge is 2.29. The second-order valence-corrected chi connectivity index (χ2v) is 6.89. The fourth-order valence-corrected chi connectivity index (χ4v) is 1.62. The predicted octanol–water partition coefficient (Wildman–Crippen LogP) is 2.99. The molecule has 0 bridgehead atoms. The number of pyridine rings is 1. The van der Waals surface area contributed by atoms with Crippen LogP contribution in [0.2, 0.25) is 0 Å². The van der Waals surface area contributed by atoms with Crippen molar-refractivity contribution in [2.45, 2.75) is 58.8 Å². The van der Waals surface area contributed by atoms with Gasteiger partial charge in [-0.05, 0) is 59.2 Å². The molecule has 0 unspecified atom stereocenters. The first kappa shape index (κ1) is 17.9. The van der Waals surface area contributed by atoms with Crippen molar-refractivity contribution in [3.63, 3.8) is 0 Å². The molecule has 1 atom stereocenters. The van der Waals surface area contributed by atoms with E-state index >= 15 is 0 Å². The molecule has 22 heavy (non-hydrogen) atoms. The van der Waals surface area contributed by atoms with Gasteiger partial charge in [0.2, 0.25) is 0 Å². The van der Waals surface area contributed by atoms with Gasteiger partial charge in [-0.1, -0.05) is 0 Å². The molecule has 0 saturated heterocycles. The second-order valence-electron chi connectivity index (χ2n) is 6.89. The molecule has 0 aliphatic heterocycles. The van der Waals surface area contributed by atoms with Crippen LogP contribution in [0, 0.1) is 0 Å². The number of carbonyl (C=O) groups excluding carboxylic acids is 2. The van der Waals surface area contributed by atoms with E-state index in [4.69, 9.17) is 9.47 Å². The van der Waals surface area contributed by atoms with Crippen molar-refractivity contribution in [3.8, 4) is 0 Å². The lowest BCUT2D eigenvalue weighted by atomic mass is 10.1. The lowest BCUT2D eigenvalue weighted by Crippen LogP contribution is -2.40. The summed E-state index contributed by atoms with van der Waals surface area (Å²) in [7, 11) is 0. The van der Waals surface area contributed by atoms with E-state index in [0.29, 0.717) is 5.56 Å². The molecule has 0 aliphatic carbocycles. The molecule has 1 amide bonds. The normalized spacial score (nSPS) is 13.2. The highest BCUT2D eigenvalue weighted by molar-refractivity contribution is 5.83. The average Bonchev–Trinajstić information content (AvgIpc) is 2.32. The molecule has 1 aromatic rings. The van der Waals surface area contributed by atoms with Crippen molar-refractivity contribution in [3.05, 3.63) is 30.1 Å². The number of amides is 1. The summed E-state index contributed by atoms with van der Waals surface area (Å²) >= 11 is 0. The van der Waals surface area contributed by atoms with Crippen LogP contribution in [0.1, 0.15) is 53.1 Å². The lowest BCUT2D eigenvalue weighted by molar-refractivity contribution is -0.157. The van der Waals surface area contributed by atoms with Gasteiger partial charge in [0.15, 0.2) is 6.04 Å². The highest BCUT2D eigenvalue weighted by atomic mass is 16.6. The number of carbonyl (C=O) groups is 2. The standard InChI is InChI=1S/C16H24N2O4/c1-15(2,3)21-13(19)12(11-7-9-17-10-8-11)18-14(20)22-16(4,5)6/h7-10,12H,1-6H3,(H,18,20)/t12-/m0/s1. The van der Waals surface area contributed by atoms with Crippen molar-refractivity contribution >= 4 is 12.1 Å². The molecule has 1 aromatic heterocycles. The summed E-state index contributed by atoms with van der Waals surface area (Å²) in [6.07, 6.45) is 2.41. The van der Waals surface area contributed by atoms with Crippen LogP contribution in [0.3, 0.4) is 0 Å². The Morgan fingerprint density at radius 3 is 1.95 bits per heavy atom. The van der Waals surface area contributed by atoms with E-state index in [9.17, 15) is 9.59 Å². The number of aromatic nitrogens is 1. The Morgan fingerprint density at radius 1 is 1.00 bits per heavy atom. The predicted molar refractivity (Wildman–Crippen MR) is 82.2 cm³/mol. The Hall–Kier alpha value is -2.11. The van der Waals surface area contributed by atoms with Gasteiger partial charge in [0.25, 0.3) is 0 Å². The smallest absolute Gasteiger partial charge is 0.408 e. The molecule has 0 aromatic carbocycles. The monoisotopic (exact) mass is 308 g/mol. The number of nitrogens with one attached hydrogen (secondary N) is 1. The molecule has 1 rings (SSSR count). The molecule has 0 radical (unpaired) electrons. The molecule has 1 heterocycles. The summed E-state index contributed by atoms with van der Waals surface area (Å²) < 4.78 is 10.6. The average molecular weight is 308 g/mol. The summed E-state index contributed by atoms with van der Waals surface area (Å²) in [6.45, 7) is 10.6. The van der Waals surface area contributed by atoms with Crippen molar-refractivity contribution < 1.29 is 19.1 Å². The summed E-state index contributed by atoms with van der Waals surface area (Å²) in [5.74, 6) is -0.551. The van der Waals surface area contributed by atoms with Gasteiger partial charge in [-0.2, -0.15) is 0 Å². The Kier molecular flexibility index (Phi) is 5.52. The molecular formula is C16H24N2O4. The first-order chi connectivity index (χ1) is 9.98. The SMILES string of the molecule is CC(C)(C)OC(=O)N[C@H](C(=O)OC(C)(C)C)c1ccncc1. The minimum atomic E-state index is -0.947. The highest BCUT2D eigenvalue weighted by Crippen LogP contribution is 2.19. The molecule has 122 valence electrons. The Balaban J connectivity index is 2.93. The van der Waals surface area contributed by atoms with E-state index in [1.165, 1.54) is 0 Å². The van der Waals surface area contributed by atoms with Crippen LogP contribution in [0.15, 0.2) is 24.5 Å². The Morgan fingerprint density at radius 2 is 1.50 bits per heavy atom. The topological polar surface area (TPSA) is 77.5 Å². The van der Waals surface area contributed by atoms with Crippen molar-refractivity contribution in [2.75, 3.05) is 0 Å². The van der Waals surface area contributed by atoms with Gasteiger partial charge < -0.3 is 14.8 Å². The lowest BCUT2D eigenvalue weighted by Gasteiger charge is -2.26. The number of hydrogen-bond acceptors (Lipinski definition) is 5. The van der Waals surface area contributed by atoms with Gasteiger partial charge in [0.1, 0.15) is 11.2 Å². The van der Waals surface area contributed by atoms with Gasteiger partial charge in [0.05, 0.1) is 0 Å². The molecular weight excluding hydrogens is 284 g/mol. The van der Waals surface area contributed by atoms with Crippen LogP contribution in [0.25, 0.3) is 0 Å². The number of ether oxygens (including phenoxy) is 2. The van der Waals surface area contributed by atoms with Crippen LogP contribution in [-0.2, 0) is 14.3 Å². The molecule has 0 spiro atoms. The zero-order valence-corrected chi connectivity index (χ0v) is 14.0. The van der Waals surface area contributed by atoms with E-state index in [1.807, 2.05) is 0 Å². The minimum Gasteiger partial charge on any atom is -0.458 e. The quantitative estimate of drug-likeness (QED) is 0.869. The third-order valence-corrected chi connectivity index (χ3v) is 2.34. The molecule has 0 fully saturated rings. The first-order valence-corrected chi connectivity index (χ1v) is 7.10. The number of nitrogens with zero attached hydrogens (tertiary/aromatic N) is 1. The summed E-state index contributed by atoms with van der Waals surface area (Å²) in [4.78, 5) is 28.2. The molecule has 6 heteroatoms. The second kappa shape index (κ2) is 6.77. The molecule has 0 saturated carbocycles. The maximum atomic E-state index is 12.3. The first-order valence-electron chi connectivity index (χ1n) is 7.10. The number of alkyl carbamates (subject to hydrolysis) is 1. The van der Waals surface area contributed by atoms with Gasteiger partial charge in [0, 0.05) is 12.4 Å². The van der Waals surface area contributed by atoms with Crippen LogP contribution >= 0.6 is 0 Å². The fraction of sp³-hybridized carbons (Fsp3) is 0.562. The minimum absolute atomic E-state index is 0.551. The number of rotatable bonds is 3. The maximum Gasteiger partial charge on any atom is 0.408 e. The zero-order chi connectivity index (χ0) is 17.0. The van der Waals surface area contributed by atoms with Crippen LogP contribution < -0.4 is 5.32 Å². The van der Waals surface area contributed by atoms with Gasteiger partial charge >= 0.3 is 12.1 Å². The fourth-order valence-electron chi connectivity index (χ4n) is 1.62. The largest absolute Gasteiger partial charge is 0.458 e. The van der Waals surface area contributed by atoms with E-state index in [0.717, 1.165) is 0 Å². The Bertz CT molecular complexity index is 515. The Labute approximate surface area is 131 Å². The number of esters is 1. The van der Waals surface area contributed by atoms with E-state index in [1.54, 1.807) is 66.1 Å². The third kappa shape index (κ3) is 6.56. The van der Waals surface area contributed by atoms with Crippen LogP contribution in [0.4, 0.5) is 4.79 Å². The zero-order valence-electron chi connectivity index (χ0n) is 14.0. The van der Waals surface area contributed by atoms with Gasteiger partial charge in [-0.25, -0.2) is 9.59 Å². The van der Waals surface area contributed by atoms with Gasteiger partial charge in [-0.3, -0.25) is 4.98 Å². The molecule has 0 aliphatic rings. The van der Waals surface area contributed by atoms with Crippen LogP contribution in [-0.4, -0.2) is 28.2 Å². The summed E-state index contributed by atoms with van der Waals surface area (Å²) in [5.41, 5.74) is -0.728. The van der Waals surface area contributed by atoms with Crippen molar-refractivity contribution in [1.82, 2.24) is 10.3 Å². The molecule has 1 N–H and O–H groups in total. The maximum absolute atomic E-state index is 12.3. The van der Waals surface area contributed by atoms with E-state index in [-0.39, 0.29) is 0 Å². The van der Waals surface area contributed by atoms with E-state index < -0.39 is 29.3 Å². The van der Waals surface area contributed by atoms with E-state index in [2.05, 4.69) is 10.3 Å². The van der Waals surface area contributed by atoms with Gasteiger partial charge in [-0.15, -0.1) is 0 Å². The third-order valence-electron chi connectivity index (χ3n) is 2.34. The van der Waals surface area contributed by atoms with Crippen LogP contribution in [0.5, 0.6) is 0 Å². The summed E-state index contributed by atoms with van der Waals surface area (Å²) in [6, 6.07) is 2.34. The van der Waals surface area contributed by atoms with Crippen molar-refractivity contribution in [2.24, 2.45) is 0 Å². The summed E-state index contributed by atoms with van der Waals surface area (Å²) in [5, 5.41) is 2.55. The number of hydrogen-bond donors (Lipinski definition) is 1.